The van der Waals surface area contributed by atoms with Crippen LogP contribution >= 0.6 is 0 Å². The number of unbranched alkanes of at least 4 members (excludes halogenated alkanes) is 9. The summed E-state index contributed by atoms with van der Waals surface area (Å²) in [5.41, 5.74) is 1.04. The van der Waals surface area contributed by atoms with Crippen LogP contribution in [0.15, 0.2) is 0 Å². The minimum Gasteiger partial charge on any atom is -0.0739 e. The molecule has 0 bridgehead atoms. The second-order valence-corrected chi connectivity index (χ2v) is 7.09. The summed E-state index contributed by atoms with van der Waals surface area (Å²) in [6.45, 7) is 7.10. The molecule has 0 aliphatic rings. The normalized spacial score (nSPS) is 12.9. The Hall–Kier alpha value is 0.217. The van der Waals surface area contributed by atoms with E-state index in [0.717, 1.165) is 5.54 Å². The van der Waals surface area contributed by atoms with Gasteiger partial charge in [-0.25, -0.2) is 0 Å². The van der Waals surface area contributed by atoms with Gasteiger partial charge in [-0.05, 0) is 0 Å². The topological polar surface area (TPSA) is 0 Å². The molecule has 0 spiro atoms. The Balaban J connectivity index is 2.93. The average Bonchev–Trinajstić information content (AvgIpc) is 2.31. The zero-order valence-electron chi connectivity index (χ0n) is 11.9. The van der Waals surface area contributed by atoms with Crippen molar-refractivity contribution in [2.45, 2.75) is 96.6 Å². The fourth-order valence-electron chi connectivity index (χ4n) is 2.12. The van der Waals surface area contributed by atoms with Crippen LogP contribution in [-0.4, -0.2) is 9.52 Å². The minimum atomic E-state index is 0.713. The predicted molar refractivity (Wildman–Crippen MR) is 78.9 cm³/mol. The van der Waals surface area contributed by atoms with Gasteiger partial charge in [0.2, 0.25) is 0 Å². The lowest BCUT2D eigenvalue weighted by Gasteiger charge is -2.06. The Morgan fingerprint density at radius 1 is 0.750 bits per heavy atom. The minimum absolute atomic E-state index is 0.713. The molecule has 0 N–H and O–H groups in total. The van der Waals surface area contributed by atoms with Crippen molar-refractivity contribution in [3.05, 3.63) is 0 Å². The lowest BCUT2D eigenvalue weighted by molar-refractivity contribution is 0.547. The van der Waals surface area contributed by atoms with Gasteiger partial charge < -0.3 is 0 Å². The Labute approximate surface area is 106 Å². The number of hydrogen-bond acceptors (Lipinski definition) is 0. The molecule has 1 atom stereocenters. The molecule has 0 amide bonds. The highest BCUT2D eigenvalue weighted by atomic mass is 28.2. The third-order valence-electron chi connectivity index (χ3n) is 3.58. The van der Waals surface area contributed by atoms with E-state index in [4.69, 9.17) is 0 Å². The first-order chi connectivity index (χ1) is 7.81. The van der Waals surface area contributed by atoms with Crippen LogP contribution in [0, 0.1) is 0 Å². The molecular formula is C15H33Si. The van der Waals surface area contributed by atoms with Crippen LogP contribution in [0.2, 0.25) is 12.1 Å². The fourth-order valence-corrected chi connectivity index (χ4v) is 2.69. The van der Waals surface area contributed by atoms with E-state index >= 15 is 0 Å². The summed E-state index contributed by atoms with van der Waals surface area (Å²) in [5, 5.41) is 0. The molecule has 0 aromatic rings. The van der Waals surface area contributed by atoms with E-state index in [1.165, 1.54) is 70.6 Å². The monoisotopic (exact) mass is 241 g/mol. The van der Waals surface area contributed by atoms with Crippen LogP contribution in [0.1, 0.15) is 84.5 Å². The standard InChI is InChI=1S/C15H33Si/c1-4-5-6-7-8-9-10-11-12-13-14-15(2)16-3/h15-16H,4-14H2,1-3H3. The Morgan fingerprint density at radius 2 is 1.19 bits per heavy atom. The third-order valence-corrected chi connectivity index (χ3v) is 5.05. The van der Waals surface area contributed by atoms with Crippen molar-refractivity contribution in [1.29, 1.82) is 0 Å². The van der Waals surface area contributed by atoms with Gasteiger partial charge in [-0.3, -0.25) is 0 Å². The second kappa shape index (κ2) is 13.3. The number of rotatable bonds is 12. The van der Waals surface area contributed by atoms with Crippen LogP contribution in [0.5, 0.6) is 0 Å². The average molecular weight is 242 g/mol. The van der Waals surface area contributed by atoms with Gasteiger partial charge in [-0.1, -0.05) is 96.6 Å². The molecule has 0 saturated carbocycles. The molecule has 0 saturated heterocycles. The van der Waals surface area contributed by atoms with Gasteiger partial charge in [-0.2, -0.15) is 0 Å². The van der Waals surface area contributed by atoms with Gasteiger partial charge in [-0.15, -0.1) is 0 Å². The van der Waals surface area contributed by atoms with Crippen molar-refractivity contribution in [2.75, 3.05) is 0 Å². The summed E-state index contributed by atoms with van der Waals surface area (Å²) in [4.78, 5) is 0. The van der Waals surface area contributed by atoms with Gasteiger partial charge in [0.1, 0.15) is 0 Å². The van der Waals surface area contributed by atoms with Gasteiger partial charge in [0.05, 0.1) is 0 Å². The summed E-state index contributed by atoms with van der Waals surface area (Å²) in [7, 11) is 0.713. The zero-order chi connectivity index (χ0) is 12.1. The maximum absolute atomic E-state index is 2.42. The largest absolute Gasteiger partial charge is 0.0739 e. The van der Waals surface area contributed by atoms with Crippen molar-refractivity contribution in [3.63, 3.8) is 0 Å². The van der Waals surface area contributed by atoms with Crippen molar-refractivity contribution in [2.24, 2.45) is 0 Å². The van der Waals surface area contributed by atoms with E-state index in [-0.39, 0.29) is 0 Å². The van der Waals surface area contributed by atoms with E-state index in [2.05, 4.69) is 20.4 Å². The van der Waals surface area contributed by atoms with E-state index in [1.807, 2.05) is 0 Å². The highest BCUT2D eigenvalue weighted by molar-refractivity contribution is 6.35. The maximum atomic E-state index is 2.42. The quantitative estimate of drug-likeness (QED) is 0.308. The van der Waals surface area contributed by atoms with Crippen molar-refractivity contribution < 1.29 is 0 Å². The molecule has 0 aromatic heterocycles. The van der Waals surface area contributed by atoms with Gasteiger partial charge >= 0.3 is 0 Å². The molecule has 0 fully saturated rings. The lowest BCUT2D eigenvalue weighted by atomic mass is 10.1. The van der Waals surface area contributed by atoms with Gasteiger partial charge in [0, 0.05) is 9.52 Å². The Kier molecular flexibility index (Phi) is 13.5. The highest BCUT2D eigenvalue weighted by Crippen LogP contribution is 2.15. The summed E-state index contributed by atoms with van der Waals surface area (Å²) < 4.78 is 0. The van der Waals surface area contributed by atoms with Crippen molar-refractivity contribution in [3.8, 4) is 0 Å². The Morgan fingerprint density at radius 3 is 1.62 bits per heavy atom. The molecule has 1 heteroatoms. The molecule has 0 aromatic carbocycles. The van der Waals surface area contributed by atoms with E-state index in [0.29, 0.717) is 9.52 Å². The summed E-state index contributed by atoms with van der Waals surface area (Å²) >= 11 is 0. The zero-order valence-corrected chi connectivity index (χ0v) is 13.1. The highest BCUT2D eigenvalue weighted by Gasteiger charge is 1.98. The van der Waals surface area contributed by atoms with Crippen molar-refractivity contribution >= 4 is 9.52 Å². The molecule has 0 nitrogen and oxygen atoms in total. The third kappa shape index (κ3) is 12.3. The molecule has 16 heavy (non-hydrogen) atoms. The van der Waals surface area contributed by atoms with Gasteiger partial charge in [0.15, 0.2) is 0 Å². The Bertz CT molecular complexity index is 123. The van der Waals surface area contributed by atoms with Crippen LogP contribution < -0.4 is 0 Å². The van der Waals surface area contributed by atoms with E-state index in [1.54, 1.807) is 0 Å². The molecule has 1 radical (unpaired) electrons. The smallest absolute Gasteiger partial charge is 0.0277 e. The SMILES string of the molecule is CCCCCCCCCCCCC(C)[SiH]C. The first-order valence-corrected chi connectivity index (χ1v) is 9.42. The molecule has 0 heterocycles. The molecule has 1 unspecified atom stereocenters. The van der Waals surface area contributed by atoms with Crippen LogP contribution in [0.25, 0.3) is 0 Å². The second-order valence-electron chi connectivity index (χ2n) is 5.28. The van der Waals surface area contributed by atoms with Crippen LogP contribution in [0.3, 0.4) is 0 Å². The predicted octanol–water partition coefficient (Wildman–Crippen LogP) is 5.59. The first kappa shape index (κ1) is 16.2. The fraction of sp³-hybridized carbons (Fsp3) is 1.00. The molecule has 0 aliphatic carbocycles. The molecular weight excluding hydrogens is 208 g/mol. The van der Waals surface area contributed by atoms with E-state index < -0.39 is 0 Å². The first-order valence-electron chi connectivity index (χ1n) is 7.60. The van der Waals surface area contributed by atoms with E-state index in [9.17, 15) is 0 Å². The molecule has 0 aliphatic heterocycles. The summed E-state index contributed by atoms with van der Waals surface area (Å²) in [6.07, 6.45) is 16.2. The molecule has 0 rings (SSSR count). The lowest BCUT2D eigenvalue weighted by Crippen LogP contribution is -1.94. The molecule has 97 valence electrons. The van der Waals surface area contributed by atoms with Crippen LogP contribution in [0.4, 0.5) is 0 Å². The van der Waals surface area contributed by atoms with Gasteiger partial charge in [0.25, 0.3) is 0 Å². The summed E-state index contributed by atoms with van der Waals surface area (Å²) in [6, 6.07) is 0. The number of hydrogen-bond donors (Lipinski definition) is 0. The van der Waals surface area contributed by atoms with Crippen molar-refractivity contribution in [1.82, 2.24) is 0 Å². The van der Waals surface area contributed by atoms with Crippen LogP contribution in [-0.2, 0) is 0 Å². The maximum Gasteiger partial charge on any atom is 0.0277 e. The summed E-state index contributed by atoms with van der Waals surface area (Å²) in [5.74, 6) is 0.